The predicted octanol–water partition coefficient (Wildman–Crippen LogP) is 5.18. The van der Waals surface area contributed by atoms with E-state index in [4.69, 9.17) is 4.74 Å². The summed E-state index contributed by atoms with van der Waals surface area (Å²) in [6, 6.07) is 13.9. The number of esters is 1. The lowest BCUT2D eigenvalue weighted by atomic mass is 10.1. The highest BCUT2D eigenvalue weighted by Gasteiger charge is 2.18. The maximum Gasteiger partial charge on any atom is 0.306 e. The average Bonchev–Trinajstić information content (AvgIpc) is 3.46. The molecule has 0 aliphatic carbocycles. The Labute approximate surface area is 183 Å². The van der Waals surface area contributed by atoms with Gasteiger partial charge in [0.1, 0.15) is 0 Å². The van der Waals surface area contributed by atoms with Gasteiger partial charge in [-0.05, 0) is 43.5 Å². The normalized spacial score (nSPS) is 11.1. The number of aryl methyl sites for hydroxylation is 2. The van der Waals surface area contributed by atoms with E-state index in [1.165, 1.54) is 4.88 Å². The standard InChI is InChI=1S/C23H22N2O3S2/c1-15-12-18(16(2)25(15)13-17-6-5-11-29-17)20(26)14-28-23(27)10-9-22-24-19-7-3-4-8-21(19)30-22/h3-8,11-12H,9-10,13-14H2,1-2H3. The van der Waals surface area contributed by atoms with Crippen LogP contribution in [0.5, 0.6) is 0 Å². The molecule has 0 radical (unpaired) electrons. The number of carbonyl (C=O) groups excluding carboxylic acids is 2. The van der Waals surface area contributed by atoms with Gasteiger partial charge in [-0.25, -0.2) is 4.98 Å². The minimum atomic E-state index is -0.380. The first kappa shape index (κ1) is 20.5. The van der Waals surface area contributed by atoms with Gasteiger partial charge in [-0.15, -0.1) is 22.7 Å². The van der Waals surface area contributed by atoms with Crippen molar-refractivity contribution in [2.24, 2.45) is 0 Å². The third-order valence-electron chi connectivity index (χ3n) is 5.01. The highest BCUT2D eigenvalue weighted by atomic mass is 32.1. The van der Waals surface area contributed by atoms with Gasteiger partial charge in [-0.3, -0.25) is 9.59 Å². The largest absolute Gasteiger partial charge is 0.457 e. The predicted molar refractivity (Wildman–Crippen MR) is 121 cm³/mol. The van der Waals surface area contributed by atoms with Gasteiger partial charge in [0.05, 0.1) is 28.2 Å². The molecule has 4 rings (SSSR count). The summed E-state index contributed by atoms with van der Waals surface area (Å²) >= 11 is 3.27. The van der Waals surface area contributed by atoms with E-state index in [0.29, 0.717) is 12.0 Å². The second-order valence-electron chi connectivity index (χ2n) is 7.11. The highest BCUT2D eigenvalue weighted by molar-refractivity contribution is 7.18. The smallest absolute Gasteiger partial charge is 0.306 e. The number of para-hydroxylation sites is 1. The molecule has 7 heteroatoms. The Hall–Kier alpha value is -2.77. The van der Waals surface area contributed by atoms with Crippen LogP contribution in [0, 0.1) is 13.8 Å². The topological polar surface area (TPSA) is 61.2 Å². The van der Waals surface area contributed by atoms with E-state index in [9.17, 15) is 9.59 Å². The van der Waals surface area contributed by atoms with Gasteiger partial charge in [0, 0.05) is 28.2 Å². The molecule has 30 heavy (non-hydrogen) atoms. The van der Waals surface area contributed by atoms with Crippen LogP contribution in [0.4, 0.5) is 0 Å². The Bertz CT molecular complexity index is 1160. The maximum absolute atomic E-state index is 12.6. The molecule has 0 spiro atoms. The number of thiazole rings is 1. The molecule has 0 saturated carbocycles. The zero-order chi connectivity index (χ0) is 21.1. The lowest BCUT2D eigenvalue weighted by Gasteiger charge is -2.08. The van der Waals surface area contributed by atoms with E-state index in [-0.39, 0.29) is 24.8 Å². The number of rotatable bonds is 8. The molecule has 5 nitrogen and oxygen atoms in total. The second kappa shape index (κ2) is 8.93. The Balaban J connectivity index is 1.32. The first-order valence-corrected chi connectivity index (χ1v) is 11.4. The van der Waals surface area contributed by atoms with Gasteiger partial charge in [0.2, 0.25) is 5.78 Å². The third kappa shape index (κ3) is 4.52. The van der Waals surface area contributed by atoms with E-state index in [1.807, 2.05) is 55.6 Å². The summed E-state index contributed by atoms with van der Waals surface area (Å²) in [5.74, 6) is -0.552. The first-order chi connectivity index (χ1) is 14.5. The minimum Gasteiger partial charge on any atom is -0.457 e. The van der Waals surface area contributed by atoms with E-state index >= 15 is 0 Å². The number of carbonyl (C=O) groups is 2. The van der Waals surface area contributed by atoms with Crippen LogP contribution in [0.15, 0.2) is 47.8 Å². The van der Waals surface area contributed by atoms with Crippen molar-refractivity contribution in [1.82, 2.24) is 9.55 Å². The zero-order valence-corrected chi connectivity index (χ0v) is 18.5. The second-order valence-corrected chi connectivity index (χ2v) is 9.26. The van der Waals surface area contributed by atoms with Gasteiger partial charge in [-0.2, -0.15) is 0 Å². The number of ether oxygens (including phenoxy) is 1. The Morgan fingerprint density at radius 2 is 1.97 bits per heavy atom. The van der Waals surface area contributed by atoms with Crippen molar-refractivity contribution < 1.29 is 14.3 Å². The molecule has 0 aliphatic heterocycles. The summed E-state index contributed by atoms with van der Waals surface area (Å²) in [5.41, 5.74) is 3.48. The quantitative estimate of drug-likeness (QED) is 0.281. The Morgan fingerprint density at radius 3 is 2.73 bits per heavy atom. The fourth-order valence-electron chi connectivity index (χ4n) is 3.42. The number of fused-ring (bicyclic) bond motifs is 1. The van der Waals surface area contributed by atoms with E-state index < -0.39 is 0 Å². The van der Waals surface area contributed by atoms with E-state index in [2.05, 4.69) is 15.6 Å². The molecule has 0 amide bonds. The van der Waals surface area contributed by atoms with Crippen LogP contribution < -0.4 is 0 Å². The maximum atomic E-state index is 12.6. The summed E-state index contributed by atoms with van der Waals surface area (Å²) in [6.45, 7) is 4.43. The summed E-state index contributed by atoms with van der Waals surface area (Å²) in [7, 11) is 0. The number of hydrogen-bond acceptors (Lipinski definition) is 6. The van der Waals surface area contributed by atoms with Crippen LogP contribution in [0.25, 0.3) is 10.2 Å². The molecule has 3 heterocycles. The molecule has 0 bridgehead atoms. The van der Waals surface area contributed by atoms with Crippen molar-refractivity contribution in [3.63, 3.8) is 0 Å². The van der Waals surface area contributed by atoms with Gasteiger partial charge < -0.3 is 9.30 Å². The first-order valence-electron chi connectivity index (χ1n) is 9.73. The molecule has 0 unspecified atom stereocenters. The van der Waals surface area contributed by atoms with Crippen LogP contribution in [0.2, 0.25) is 0 Å². The summed E-state index contributed by atoms with van der Waals surface area (Å²) in [6.07, 6.45) is 0.728. The van der Waals surface area contributed by atoms with Gasteiger partial charge in [0.25, 0.3) is 0 Å². The number of aromatic nitrogens is 2. The molecule has 3 aromatic heterocycles. The van der Waals surface area contributed by atoms with Crippen molar-refractivity contribution in [3.8, 4) is 0 Å². The SMILES string of the molecule is Cc1cc(C(=O)COC(=O)CCc2nc3ccccc3s2)c(C)n1Cc1cccs1. The van der Waals surface area contributed by atoms with Crippen LogP contribution in [-0.2, 0) is 22.5 Å². The summed E-state index contributed by atoms with van der Waals surface area (Å²) in [5, 5.41) is 2.94. The number of thiophene rings is 1. The Morgan fingerprint density at radius 1 is 1.13 bits per heavy atom. The molecule has 0 N–H and O–H groups in total. The number of hydrogen-bond donors (Lipinski definition) is 0. The monoisotopic (exact) mass is 438 g/mol. The van der Waals surface area contributed by atoms with Gasteiger partial charge in [-0.1, -0.05) is 18.2 Å². The number of Topliss-reactive ketones (excluding diaryl/α,β-unsaturated/α-hetero) is 1. The molecule has 0 aliphatic rings. The molecule has 1 aromatic carbocycles. The third-order valence-corrected chi connectivity index (χ3v) is 6.97. The van der Waals surface area contributed by atoms with E-state index in [1.54, 1.807) is 22.7 Å². The van der Waals surface area contributed by atoms with Gasteiger partial charge in [0.15, 0.2) is 6.61 Å². The molecule has 0 fully saturated rings. The zero-order valence-electron chi connectivity index (χ0n) is 16.9. The minimum absolute atomic E-state index is 0.172. The molecule has 4 aromatic rings. The fourth-order valence-corrected chi connectivity index (χ4v) is 5.08. The lowest BCUT2D eigenvalue weighted by Crippen LogP contribution is -2.15. The van der Waals surface area contributed by atoms with Crippen LogP contribution in [0.1, 0.15) is 38.1 Å². The molecule has 154 valence electrons. The van der Waals surface area contributed by atoms with Crippen molar-refractivity contribution in [2.75, 3.05) is 6.61 Å². The summed E-state index contributed by atoms with van der Waals surface area (Å²) in [4.78, 5) is 30.5. The summed E-state index contributed by atoms with van der Waals surface area (Å²) < 4.78 is 8.47. The van der Waals surface area contributed by atoms with Gasteiger partial charge >= 0.3 is 5.97 Å². The number of ketones is 1. The molecule has 0 atom stereocenters. The van der Waals surface area contributed by atoms with Crippen molar-refractivity contribution in [2.45, 2.75) is 33.2 Å². The number of nitrogens with zero attached hydrogens (tertiary/aromatic N) is 2. The molecular formula is C23H22N2O3S2. The lowest BCUT2D eigenvalue weighted by molar-refractivity contribution is -0.142. The van der Waals surface area contributed by atoms with E-state index in [0.717, 1.165) is 33.2 Å². The van der Waals surface area contributed by atoms with Crippen molar-refractivity contribution >= 4 is 44.6 Å². The van der Waals surface area contributed by atoms with Crippen molar-refractivity contribution in [1.29, 1.82) is 0 Å². The van der Waals surface area contributed by atoms with Crippen LogP contribution in [-0.4, -0.2) is 27.9 Å². The van der Waals surface area contributed by atoms with Crippen LogP contribution >= 0.6 is 22.7 Å². The van der Waals surface area contributed by atoms with Crippen molar-refractivity contribution in [3.05, 3.63) is 74.7 Å². The molecular weight excluding hydrogens is 416 g/mol. The Kier molecular flexibility index (Phi) is 6.11. The number of benzene rings is 1. The molecule has 0 saturated heterocycles. The average molecular weight is 439 g/mol. The highest BCUT2D eigenvalue weighted by Crippen LogP contribution is 2.23. The van der Waals surface area contributed by atoms with Crippen LogP contribution in [0.3, 0.4) is 0 Å². The fraction of sp³-hybridized carbons (Fsp3) is 0.261.